The van der Waals surface area contributed by atoms with Gasteiger partial charge >= 0.3 is 5.69 Å². The molecule has 1 aromatic rings. The molecule has 1 fully saturated rings. The van der Waals surface area contributed by atoms with Crippen molar-refractivity contribution in [1.82, 2.24) is 14.9 Å². The molecular weight excluding hydrogens is 278 g/mol. The molecule has 1 aliphatic heterocycles. The molecule has 0 bridgehead atoms. The van der Waals surface area contributed by atoms with Crippen molar-refractivity contribution in [2.24, 2.45) is 0 Å². The van der Waals surface area contributed by atoms with Gasteiger partial charge in [0, 0.05) is 19.3 Å². The van der Waals surface area contributed by atoms with Crippen molar-refractivity contribution >= 4 is 5.91 Å². The van der Waals surface area contributed by atoms with E-state index >= 15 is 0 Å². The molecule has 0 radical (unpaired) electrons. The summed E-state index contributed by atoms with van der Waals surface area (Å²) in [5, 5.41) is 10.1. The monoisotopic (exact) mass is 297 g/mol. The van der Waals surface area contributed by atoms with Crippen molar-refractivity contribution in [3.8, 4) is 0 Å². The highest BCUT2D eigenvalue weighted by Gasteiger charge is 2.24. The molecule has 2 unspecified atom stereocenters. The Kier molecular flexibility index (Phi) is 6.57. The molecule has 0 saturated carbocycles. The minimum absolute atomic E-state index is 0.00571. The predicted molar refractivity (Wildman–Crippen MR) is 75.8 cm³/mol. The number of carbonyl (C=O) groups is 1. The van der Waals surface area contributed by atoms with Crippen molar-refractivity contribution in [2.75, 3.05) is 13.7 Å². The number of hydrogen-bond acceptors (Lipinski definition) is 5. The number of aliphatic hydroxyl groups excluding tert-OH is 1. The second kappa shape index (κ2) is 8.18. The molecule has 2 rings (SSSR count). The number of amides is 1. The third kappa shape index (κ3) is 5.01. The van der Waals surface area contributed by atoms with Gasteiger partial charge in [0.1, 0.15) is 12.8 Å². The number of ether oxygens (including phenoxy) is 1. The molecule has 8 heteroatoms. The molecule has 1 saturated heterocycles. The van der Waals surface area contributed by atoms with E-state index in [-0.39, 0.29) is 18.2 Å². The minimum atomic E-state index is -0.433. The van der Waals surface area contributed by atoms with Crippen LogP contribution in [0.4, 0.5) is 0 Å². The van der Waals surface area contributed by atoms with E-state index in [1.54, 1.807) is 6.08 Å². The first-order valence-electron chi connectivity index (χ1n) is 6.42. The lowest BCUT2D eigenvalue weighted by molar-refractivity contribution is -0.123. The fourth-order valence-corrected chi connectivity index (χ4v) is 1.76. The summed E-state index contributed by atoms with van der Waals surface area (Å²) in [4.78, 5) is 34.3. The second-order valence-electron chi connectivity index (χ2n) is 4.29. The summed E-state index contributed by atoms with van der Waals surface area (Å²) in [5.74, 6) is -0.352. The van der Waals surface area contributed by atoms with Gasteiger partial charge in [0.05, 0.1) is 6.10 Å². The number of carbonyl (C=O) groups excluding carboxylic acids is 1. The molecule has 2 heterocycles. The van der Waals surface area contributed by atoms with Crippen LogP contribution in [0.1, 0.15) is 19.1 Å². The zero-order valence-electron chi connectivity index (χ0n) is 11.7. The topological polar surface area (TPSA) is 113 Å². The Bertz CT molecular complexity index is 586. The van der Waals surface area contributed by atoms with Crippen molar-refractivity contribution in [3.05, 3.63) is 45.8 Å². The van der Waals surface area contributed by atoms with Gasteiger partial charge in [0.15, 0.2) is 0 Å². The quantitative estimate of drug-likeness (QED) is 0.627. The maximum Gasteiger partial charge on any atom is 0.330 e. The SMILES string of the molecule is C=CC1CCC(n2ccc(=O)[nH]c2=O)O1.CNC(=O)CO. The summed E-state index contributed by atoms with van der Waals surface area (Å²) in [6, 6.07) is 1.31. The van der Waals surface area contributed by atoms with Crippen LogP contribution in [0.3, 0.4) is 0 Å². The summed E-state index contributed by atoms with van der Waals surface area (Å²) >= 11 is 0. The third-order valence-corrected chi connectivity index (χ3v) is 2.88. The molecule has 2 atom stereocenters. The van der Waals surface area contributed by atoms with Crippen LogP contribution in [0.25, 0.3) is 0 Å². The van der Waals surface area contributed by atoms with Crippen LogP contribution in [0.15, 0.2) is 34.5 Å². The third-order valence-electron chi connectivity index (χ3n) is 2.88. The van der Waals surface area contributed by atoms with Crippen molar-refractivity contribution in [1.29, 1.82) is 0 Å². The molecule has 0 aliphatic carbocycles. The molecule has 1 amide bonds. The summed E-state index contributed by atoms with van der Waals surface area (Å²) in [5.41, 5.74) is -0.827. The van der Waals surface area contributed by atoms with Gasteiger partial charge < -0.3 is 15.2 Å². The fraction of sp³-hybridized carbons (Fsp3) is 0.462. The first-order valence-corrected chi connectivity index (χ1v) is 6.42. The molecule has 116 valence electrons. The van der Waals surface area contributed by atoms with E-state index in [4.69, 9.17) is 9.84 Å². The normalized spacial score (nSPS) is 20.3. The van der Waals surface area contributed by atoms with E-state index in [0.717, 1.165) is 12.8 Å². The number of aromatic amines is 1. The van der Waals surface area contributed by atoms with Crippen LogP contribution in [0, 0.1) is 0 Å². The van der Waals surface area contributed by atoms with E-state index in [1.165, 1.54) is 23.9 Å². The van der Waals surface area contributed by atoms with Gasteiger partial charge in [-0.1, -0.05) is 6.08 Å². The molecular formula is C13H19N3O5. The van der Waals surface area contributed by atoms with Gasteiger partial charge in [0.2, 0.25) is 5.91 Å². The van der Waals surface area contributed by atoms with Gasteiger partial charge in [-0.2, -0.15) is 0 Å². The Morgan fingerprint density at radius 1 is 1.62 bits per heavy atom. The molecule has 1 aliphatic rings. The Morgan fingerprint density at radius 2 is 2.33 bits per heavy atom. The molecule has 0 spiro atoms. The van der Waals surface area contributed by atoms with Crippen molar-refractivity contribution in [2.45, 2.75) is 25.2 Å². The maximum atomic E-state index is 11.4. The number of rotatable bonds is 3. The van der Waals surface area contributed by atoms with E-state index < -0.39 is 17.9 Å². The average molecular weight is 297 g/mol. The van der Waals surface area contributed by atoms with Crippen molar-refractivity contribution in [3.63, 3.8) is 0 Å². The Hall–Kier alpha value is -2.19. The number of likely N-dealkylation sites (N-methyl/N-ethyl adjacent to an activating group) is 1. The van der Waals surface area contributed by atoms with Gasteiger partial charge in [-0.3, -0.25) is 19.1 Å². The molecule has 8 nitrogen and oxygen atoms in total. The summed E-state index contributed by atoms with van der Waals surface area (Å²) < 4.78 is 6.93. The van der Waals surface area contributed by atoms with Gasteiger partial charge in [-0.25, -0.2) is 4.79 Å². The number of aliphatic hydroxyl groups is 1. The second-order valence-corrected chi connectivity index (χ2v) is 4.29. The van der Waals surface area contributed by atoms with E-state index in [1.807, 2.05) is 0 Å². The predicted octanol–water partition coefficient (Wildman–Crippen LogP) is -0.875. The highest BCUT2D eigenvalue weighted by Crippen LogP contribution is 2.26. The number of H-pyrrole nitrogens is 1. The maximum absolute atomic E-state index is 11.4. The minimum Gasteiger partial charge on any atom is -0.387 e. The zero-order valence-corrected chi connectivity index (χ0v) is 11.7. The van der Waals surface area contributed by atoms with Gasteiger partial charge in [0.25, 0.3) is 5.56 Å². The lowest BCUT2D eigenvalue weighted by Crippen LogP contribution is -2.31. The fourth-order valence-electron chi connectivity index (χ4n) is 1.76. The molecule has 0 aromatic carbocycles. The number of nitrogens with zero attached hydrogens (tertiary/aromatic N) is 1. The highest BCUT2D eigenvalue weighted by molar-refractivity contribution is 5.76. The summed E-state index contributed by atoms with van der Waals surface area (Å²) in [7, 11) is 1.47. The van der Waals surface area contributed by atoms with E-state index in [9.17, 15) is 14.4 Å². The summed E-state index contributed by atoms with van der Waals surface area (Å²) in [6.45, 7) is 3.22. The number of hydrogen-bond donors (Lipinski definition) is 3. The van der Waals surface area contributed by atoms with Crippen LogP contribution in [-0.2, 0) is 9.53 Å². The zero-order chi connectivity index (χ0) is 15.8. The highest BCUT2D eigenvalue weighted by atomic mass is 16.5. The molecule has 1 aromatic heterocycles. The van der Waals surface area contributed by atoms with Crippen LogP contribution in [0.2, 0.25) is 0 Å². The van der Waals surface area contributed by atoms with Crippen molar-refractivity contribution < 1.29 is 14.6 Å². The van der Waals surface area contributed by atoms with Gasteiger partial charge in [-0.15, -0.1) is 6.58 Å². The lowest BCUT2D eigenvalue weighted by atomic mass is 10.2. The number of nitrogens with one attached hydrogen (secondary N) is 2. The van der Waals surface area contributed by atoms with E-state index in [2.05, 4.69) is 16.9 Å². The van der Waals surface area contributed by atoms with E-state index in [0.29, 0.717) is 0 Å². The largest absolute Gasteiger partial charge is 0.387 e. The van der Waals surface area contributed by atoms with Crippen LogP contribution in [0.5, 0.6) is 0 Å². The molecule has 21 heavy (non-hydrogen) atoms. The Balaban J connectivity index is 0.000000315. The smallest absolute Gasteiger partial charge is 0.330 e. The summed E-state index contributed by atoms with van der Waals surface area (Å²) in [6.07, 6.45) is 4.47. The average Bonchev–Trinajstić information content (AvgIpc) is 2.95. The standard InChI is InChI=1S/C10H12N2O3.C3H7NO2/c1-2-7-3-4-9(15-7)12-6-5-8(13)11-10(12)14;1-4-3(6)2-5/h2,5-7,9H,1,3-4H2,(H,11,13,14);5H,2H2,1H3,(H,4,6). The first-order chi connectivity index (χ1) is 10.0. The van der Waals surface area contributed by atoms with Crippen LogP contribution < -0.4 is 16.6 Å². The van der Waals surface area contributed by atoms with Crippen LogP contribution in [-0.4, -0.2) is 40.3 Å². The van der Waals surface area contributed by atoms with Crippen LogP contribution >= 0.6 is 0 Å². The van der Waals surface area contributed by atoms with Gasteiger partial charge in [-0.05, 0) is 12.8 Å². The number of aromatic nitrogens is 2. The Morgan fingerprint density at radius 3 is 2.76 bits per heavy atom. The first kappa shape index (κ1) is 16.9. The Labute approximate surface area is 121 Å². The molecule has 3 N–H and O–H groups in total. The lowest BCUT2D eigenvalue weighted by Gasteiger charge is -2.13.